The molecule has 0 aromatic heterocycles. The number of carbonyl (C=O) groups is 1. The van der Waals surface area contributed by atoms with Crippen LogP contribution in [-0.2, 0) is 21.4 Å². The van der Waals surface area contributed by atoms with Gasteiger partial charge in [-0.2, -0.15) is 4.31 Å². The Labute approximate surface area is 133 Å². The number of hydrogen-bond donors (Lipinski definition) is 1. The van der Waals surface area contributed by atoms with E-state index in [1.807, 2.05) is 45.0 Å². The van der Waals surface area contributed by atoms with E-state index >= 15 is 0 Å². The molecule has 5 nitrogen and oxygen atoms in total. The highest BCUT2D eigenvalue weighted by Gasteiger charge is 2.21. The van der Waals surface area contributed by atoms with Crippen molar-refractivity contribution < 1.29 is 13.2 Å². The van der Waals surface area contributed by atoms with Gasteiger partial charge in [-0.05, 0) is 25.8 Å². The predicted molar refractivity (Wildman–Crippen MR) is 88.9 cm³/mol. The summed E-state index contributed by atoms with van der Waals surface area (Å²) in [4.78, 5) is 12.0. The van der Waals surface area contributed by atoms with Gasteiger partial charge in [-0.25, -0.2) is 8.42 Å². The Balaban J connectivity index is 2.73. The molecule has 0 saturated carbocycles. The molecule has 0 aliphatic rings. The number of amides is 1. The van der Waals surface area contributed by atoms with Crippen molar-refractivity contribution in [2.24, 2.45) is 0 Å². The molecule has 1 rings (SSSR count). The van der Waals surface area contributed by atoms with Crippen molar-refractivity contribution >= 4 is 15.9 Å². The summed E-state index contributed by atoms with van der Waals surface area (Å²) in [5.74, 6) is -0.265. The Morgan fingerprint density at radius 2 is 1.86 bits per heavy atom. The van der Waals surface area contributed by atoms with Crippen LogP contribution in [0, 0.1) is 6.92 Å². The van der Waals surface area contributed by atoms with Gasteiger partial charge in [0.2, 0.25) is 15.9 Å². The SMILES string of the molecule is CCCC(C)NC(=O)CN(Cc1ccc(C)cc1)S(C)(=O)=O. The zero-order chi connectivity index (χ0) is 16.8. The van der Waals surface area contributed by atoms with E-state index < -0.39 is 10.0 Å². The highest BCUT2D eigenvalue weighted by atomic mass is 32.2. The van der Waals surface area contributed by atoms with E-state index in [9.17, 15) is 13.2 Å². The zero-order valence-corrected chi connectivity index (χ0v) is 14.6. The Hall–Kier alpha value is -1.40. The van der Waals surface area contributed by atoms with Crippen LogP contribution in [-0.4, -0.2) is 37.5 Å². The van der Waals surface area contributed by atoms with E-state index in [4.69, 9.17) is 0 Å². The van der Waals surface area contributed by atoms with E-state index in [2.05, 4.69) is 5.32 Å². The normalized spacial score (nSPS) is 13.1. The molecule has 1 N–H and O–H groups in total. The lowest BCUT2D eigenvalue weighted by atomic mass is 10.1. The van der Waals surface area contributed by atoms with Crippen LogP contribution < -0.4 is 5.32 Å². The van der Waals surface area contributed by atoms with E-state index in [1.54, 1.807) is 0 Å². The first-order valence-corrected chi connectivity index (χ1v) is 9.37. The molecule has 1 aromatic carbocycles. The van der Waals surface area contributed by atoms with E-state index in [-0.39, 0.29) is 25.0 Å². The maximum Gasteiger partial charge on any atom is 0.235 e. The van der Waals surface area contributed by atoms with Gasteiger partial charge >= 0.3 is 0 Å². The number of aryl methyl sites for hydroxylation is 1. The average Bonchev–Trinajstić information content (AvgIpc) is 2.39. The smallest absolute Gasteiger partial charge is 0.235 e. The van der Waals surface area contributed by atoms with Crippen molar-refractivity contribution in [2.45, 2.75) is 46.2 Å². The topological polar surface area (TPSA) is 66.5 Å². The molecule has 0 aliphatic carbocycles. The number of nitrogens with zero attached hydrogens (tertiary/aromatic N) is 1. The first-order chi connectivity index (χ1) is 10.2. The lowest BCUT2D eigenvalue weighted by Gasteiger charge is -2.21. The summed E-state index contributed by atoms with van der Waals surface area (Å²) in [5.41, 5.74) is 1.98. The van der Waals surface area contributed by atoms with Gasteiger partial charge in [0.15, 0.2) is 0 Å². The highest BCUT2D eigenvalue weighted by Crippen LogP contribution is 2.10. The van der Waals surface area contributed by atoms with Crippen LogP contribution in [0.15, 0.2) is 24.3 Å². The molecule has 6 heteroatoms. The summed E-state index contributed by atoms with van der Waals surface area (Å²) in [6.45, 7) is 5.99. The molecule has 0 aliphatic heterocycles. The van der Waals surface area contributed by atoms with Crippen molar-refractivity contribution in [3.8, 4) is 0 Å². The lowest BCUT2D eigenvalue weighted by Crippen LogP contribution is -2.42. The standard InChI is InChI=1S/C16H26N2O3S/c1-5-6-14(3)17-16(19)12-18(22(4,20)21)11-15-9-7-13(2)8-10-15/h7-10,14H,5-6,11-12H2,1-4H3,(H,17,19). The molecule has 1 aromatic rings. The van der Waals surface area contributed by atoms with Gasteiger partial charge in [0.1, 0.15) is 0 Å². The molecule has 0 spiro atoms. The minimum absolute atomic E-state index is 0.0540. The predicted octanol–water partition coefficient (Wildman–Crippen LogP) is 2.06. The second-order valence-electron chi connectivity index (χ2n) is 5.77. The maximum atomic E-state index is 12.0. The molecular weight excluding hydrogens is 300 g/mol. The molecular formula is C16H26N2O3S. The lowest BCUT2D eigenvalue weighted by molar-refractivity contribution is -0.122. The minimum atomic E-state index is -3.44. The van der Waals surface area contributed by atoms with Crippen LogP contribution >= 0.6 is 0 Å². The Morgan fingerprint density at radius 3 is 2.36 bits per heavy atom. The molecule has 124 valence electrons. The number of benzene rings is 1. The molecule has 0 fully saturated rings. The van der Waals surface area contributed by atoms with Gasteiger partial charge in [0.05, 0.1) is 12.8 Å². The van der Waals surface area contributed by atoms with Gasteiger partial charge in [-0.3, -0.25) is 4.79 Å². The molecule has 0 heterocycles. The summed E-state index contributed by atoms with van der Waals surface area (Å²) < 4.78 is 25.0. The van der Waals surface area contributed by atoms with Crippen LogP contribution in [0.3, 0.4) is 0 Å². The monoisotopic (exact) mass is 326 g/mol. The summed E-state index contributed by atoms with van der Waals surface area (Å²) in [7, 11) is -3.44. The van der Waals surface area contributed by atoms with E-state index in [1.165, 1.54) is 4.31 Å². The number of rotatable bonds is 8. The third kappa shape index (κ3) is 6.58. The first kappa shape index (κ1) is 18.6. The molecule has 0 saturated heterocycles. The van der Waals surface area contributed by atoms with Crippen LogP contribution in [0.5, 0.6) is 0 Å². The largest absolute Gasteiger partial charge is 0.353 e. The number of nitrogens with one attached hydrogen (secondary N) is 1. The van der Waals surface area contributed by atoms with Crippen LogP contribution in [0.4, 0.5) is 0 Å². The molecule has 1 unspecified atom stereocenters. The fourth-order valence-electron chi connectivity index (χ4n) is 2.17. The minimum Gasteiger partial charge on any atom is -0.353 e. The van der Waals surface area contributed by atoms with Crippen LogP contribution in [0.2, 0.25) is 0 Å². The van der Waals surface area contributed by atoms with Crippen molar-refractivity contribution in [3.05, 3.63) is 35.4 Å². The van der Waals surface area contributed by atoms with Crippen molar-refractivity contribution in [2.75, 3.05) is 12.8 Å². The molecule has 0 bridgehead atoms. The third-order valence-electron chi connectivity index (χ3n) is 3.40. The fraction of sp³-hybridized carbons (Fsp3) is 0.562. The van der Waals surface area contributed by atoms with Gasteiger partial charge < -0.3 is 5.32 Å². The van der Waals surface area contributed by atoms with Crippen LogP contribution in [0.25, 0.3) is 0 Å². The quantitative estimate of drug-likeness (QED) is 0.795. The van der Waals surface area contributed by atoms with Crippen molar-refractivity contribution in [1.29, 1.82) is 0 Å². The van der Waals surface area contributed by atoms with Crippen molar-refractivity contribution in [1.82, 2.24) is 9.62 Å². The number of hydrogen-bond acceptors (Lipinski definition) is 3. The first-order valence-electron chi connectivity index (χ1n) is 7.52. The zero-order valence-electron chi connectivity index (χ0n) is 13.8. The second-order valence-corrected chi connectivity index (χ2v) is 7.76. The summed E-state index contributed by atoms with van der Waals surface area (Å²) in [5, 5.41) is 2.83. The average molecular weight is 326 g/mol. The third-order valence-corrected chi connectivity index (χ3v) is 4.59. The summed E-state index contributed by atoms with van der Waals surface area (Å²) in [6.07, 6.45) is 2.98. The Kier molecular flexibility index (Phi) is 7.03. The highest BCUT2D eigenvalue weighted by molar-refractivity contribution is 7.88. The molecule has 0 radical (unpaired) electrons. The maximum absolute atomic E-state index is 12.0. The summed E-state index contributed by atoms with van der Waals surface area (Å²) >= 11 is 0. The van der Waals surface area contributed by atoms with E-state index in [0.29, 0.717) is 0 Å². The summed E-state index contributed by atoms with van der Waals surface area (Å²) in [6, 6.07) is 7.67. The molecule has 22 heavy (non-hydrogen) atoms. The number of carbonyl (C=O) groups excluding carboxylic acids is 1. The van der Waals surface area contributed by atoms with Gasteiger partial charge in [-0.15, -0.1) is 0 Å². The van der Waals surface area contributed by atoms with Gasteiger partial charge in [0, 0.05) is 12.6 Å². The number of sulfonamides is 1. The van der Waals surface area contributed by atoms with Gasteiger partial charge in [0.25, 0.3) is 0 Å². The van der Waals surface area contributed by atoms with Crippen LogP contribution in [0.1, 0.15) is 37.8 Å². The van der Waals surface area contributed by atoms with Gasteiger partial charge in [-0.1, -0.05) is 43.2 Å². The van der Waals surface area contributed by atoms with E-state index in [0.717, 1.165) is 30.2 Å². The fourth-order valence-corrected chi connectivity index (χ4v) is 2.91. The van der Waals surface area contributed by atoms with Crippen molar-refractivity contribution in [3.63, 3.8) is 0 Å². The Bertz CT molecular complexity index is 582. The molecule has 1 atom stereocenters. The Morgan fingerprint density at radius 1 is 1.27 bits per heavy atom. The molecule has 1 amide bonds. The second kappa shape index (κ2) is 8.29.